The van der Waals surface area contributed by atoms with Crippen LogP contribution in [0.5, 0.6) is 0 Å². The quantitative estimate of drug-likeness (QED) is 0.501. The van der Waals surface area contributed by atoms with Gasteiger partial charge in [0.1, 0.15) is 18.4 Å². The smallest absolute Gasteiger partial charge is 0.134 e. The second-order valence-electron chi connectivity index (χ2n) is 2.35. The van der Waals surface area contributed by atoms with Crippen LogP contribution in [0.25, 0.3) is 0 Å². The van der Waals surface area contributed by atoms with E-state index in [-0.39, 0.29) is 5.82 Å². The molecule has 62 valence electrons. The number of carbonyl (C=O) groups excluding carboxylic acids is 2. The van der Waals surface area contributed by atoms with Crippen LogP contribution in [0.1, 0.15) is 11.5 Å². The van der Waals surface area contributed by atoms with E-state index in [0.717, 1.165) is 0 Å². The lowest BCUT2D eigenvalue weighted by Gasteiger charge is -2.00. The molecule has 0 atom stereocenters. The minimum absolute atomic E-state index is 0.380. The van der Waals surface area contributed by atoms with Crippen LogP contribution < -0.4 is 0 Å². The first kappa shape index (κ1) is 8.59. The number of rotatable bonds is 3. The van der Waals surface area contributed by atoms with Crippen LogP contribution in [0.3, 0.4) is 0 Å². The van der Waals surface area contributed by atoms with Crippen molar-refractivity contribution in [2.45, 2.75) is 5.92 Å². The van der Waals surface area contributed by atoms with E-state index >= 15 is 0 Å². The molecule has 0 saturated heterocycles. The van der Waals surface area contributed by atoms with Crippen molar-refractivity contribution in [2.75, 3.05) is 0 Å². The summed E-state index contributed by atoms with van der Waals surface area (Å²) in [6.07, 6.45) is 1.06. The summed E-state index contributed by atoms with van der Waals surface area (Å²) in [6, 6.07) is 5.27. The van der Waals surface area contributed by atoms with E-state index in [1.54, 1.807) is 0 Å². The van der Waals surface area contributed by atoms with E-state index in [2.05, 4.69) is 0 Å². The first-order chi connectivity index (χ1) is 5.77. The molecule has 1 rings (SSSR count). The van der Waals surface area contributed by atoms with Gasteiger partial charge in [-0.05, 0) is 17.7 Å². The Morgan fingerprint density at radius 1 is 1.08 bits per heavy atom. The Labute approximate surface area is 69.0 Å². The van der Waals surface area contributed by atoms with Crippen molar-refractivity contribution in [1.29, 1.82) is 0 Å². The van der Waals surface area contributed by atoms with E-state index in [1.165, 1.54) is 24.3 Å². The van der Waals surface area contributed by atoms with E-state index in [9.17, 15) is 14.0 Å². The molecule has 0 fully saturated rings. The summed E-state index contributed by atoms with van der Waals surface area (Å²) in [5.41, 5.74) is 0.515. The van der Waals surface area contributed by atoms with E-state index in [1.807, 2.05) is 0 Å². The summed E-state index contributed by atoms with van der Waals surface area (Å²) in [6.45, 7) is 0. The first-order valence-corrected chi connectivity index (χ1v) is 3.44. The van der Waals surface area contributed by atoms with E-state index < -0.39 is 5.92 Å². The van der Waals surface area contributed by atoms with Crippen molar-refractivity contribution < 1.29 is 14.0 Å². The highest BCUT2D eigenvalue weighted by molar-refractivity contribution is 5.84. The van der Waals surface area contributed by atoms with Gasteiger partial charge in [0.05, 0.1) is 5.92 Å². The molecule has 1 aromatic rings. The number of halogens is 1. The maximum absolute atomic E-state index is 12.4. The number of hydrogen-bond donors (Lipinski definition) is 0. The average molecular weight is 166 g/mol. The normalized spacial score (nSPS) is 9.83. The summed E-state index contributed by atoms with van der Waals surface area (Å²) in [5, 5.41) is 0. The van der Waals surface area contributed by atoms with E-state index in [4.69, 9.17) is 0 Å². The van der Waals surface area contributed by atoms with Crippen molar-refractivity contribution in [2.24, 2.45) is 0 Å². The zero-order valence-electron chi connectivity index (χ0n) is 6.24. The largest absolute Gasteiger partial charge is 0.302 e. The summed E-state index contributed by atoms with van der Waals surface area (Å²) >= 11 is 0. The fraction of sp³-hybridized carbons (Fsp3) is 0.111. The molecule has 0 amide bonds. The SMILES string of the molecule is O=CC(C=O)c1ccc(F)cc1. The molecule has 0 aliphatic rings. The van der Waals surface area contributed by atoms with Crippen LogP contribution in [-0.2, 0) is 9.59 Å². The lowest BCUT2D eigenvalue weighted by Crippen LogP contribution is -2.00. The molecule has 3 heteroatoms. The maximum Gasteiger partial charge on any atom is 0.134 e. The zero-order valence-corrected chi connectivity index (χ0v) is 6.24. The highest BCUT2D eigenvalue weighted by Gasteiger charge is 2.07. The number of hydrogen-bond acceptors (Lipinski definition) is 2. The standard InChI is InChI=1S/C9H7FO2/c10-9-3-1-7(2-4-9)8(5-11)6-12/h1-6,8H. The van der Waals surface area contributed by atoms with Crippen molar-refractivity contribution >= 4 is 12.6 Å². The van der Waals surface area contributed by atoms with E-state index in [0.29, 0.717) is 18.1 Å². The Morgan fingerprint density at radius 2 is 1.58 bits per heavy atom. The van der Waals surface area contributed by atoms with Gasteiger partial charge in [0, 0.05) is 0 Å². The highest BCUT2D eigenvalue weighted by atomic mass is 19.1. The minimum Gasteiger partial charge on any atom is -0.302 e. The van der Waals surface area contributed by atoms with Crippen LogP contribution >= 0.6 is 0 Å². The fourth-order valence-corrected chi connectivity index (χ4v) is 0.874. The summed E-state index contributed by atoms with van der Waals surface area (Å²) < 4.78 is 12.4. The molecule has 0 saturated carbocycles. The molecule has 0 spiro atoms. The lowest BCUT2D eigenvalue weighted by molar-refractivity contribution is -0.116. The third-order valence-corrected chi connectivity index (χ3v) is 1.55. The number of carbonyl (C=O) groups is 2. The summed E-state index contributed by atoms with van der Waals surface area (Å²) in [4.78, 5) is 20.6. The molecule has 0 radical (unpaired) electrons. The molecule has 0 unspecified atom stereocenters. The monoisotopic (exact) mass is 166 g/mol. The predicted octanol–water partition coefficient (Wildman–Crippen LogP) is 1.31. The van der Waals surface area contributed by atoms with Crippen LogP contribution in [-0.4, -0.2) is 12.6 Å². The topological polar surface area (TPSA) is 34.1 Å². The van der Waals surface area contributed by atoms with Gasteiger partial charge in [-0.15, -0.1) is 0 Å². The predicted molar refractivity (Wildman–Crippen MR) is 41.3 cm³/mol. The van der Waals surface area contributed by atoms with Crippen LogP contribution in [0.4, 0.5) is 4.39 Å². The molecule has 0 aliphatic carbocycles. The highest BCUT2D eigenvalue weighted by Crippen LogP contribution is 2.11. The molecule has 1 aromatic carbocycles. The molecule has 0 heterocycles. The first-order valence-electron chi connectivity index (χ1n) is 3.44. The van der Waals surface area contributed by atoms with Gasteiger partial charge in [0.15, 0.2) is 0 Å². The second kappa shape index (κ2) is 3.76. The van der Waals surface area contributed by atoms with Crippen LogP contribution in [0.2, 0.25) is 0 Å². The Balaban J connectivity index is 2.94. The lowest BCUT2D eigenvalue weighted by atomic mass is 10.0. The van der Waals surface area contributed by atoms with Gasteiger partial charge in [0.2, 0.25) is 0 Å². The van der Waals surface area contributed by atoms with Gasteiger partial charge < -0.3 is 9.59 Å². The number of benzene rings is 1. The molecule has 12 heavy (non-hydrogen) atoms. The fourth-order valence-electron chi connectivity index (χ4n) is 0.874. The molecule has 0 bridgehead atoms. The van der Waals surface area contributed by atoms with Gasteiger partial charge in [-0.25, -0.2) is 4.39 Å². The third-order valence-electron chi connectivity index (χ3n) is 1.55. The van der Waals surface area contributed by atoms with Crippen LogP contribution in [0.15, 0.2) is 24.3 Å². The van der Waals surface area contributed by atoms with Gasteiger partial charge in [-0.2, -0.15) is 0 Å². The van der Waals surface area contributed by atoms with Gasteiger partial charge in [-0.1, -0.05) is 12.1 Å². The minimum atomic E-state index is -0.773. The van der Waals surface area contributed by atoms with Crippen molar-refractivity contribution in [3.05, 3.63) is 35.6 Å². The van der Waals surface area contributed by atoms with Gasteiger partial charge in [0.25, 0.3) is 0 Å². The average Bonchev–Trinajstić information content (AvgIpc) is 2.10. The molecular weight excluding hydrogens is 159 g/mol. The molecule has 0 aromatic heterocycles. The van der Waals surface area contributed by atoms with Gasteiger partial charge >= 0.3 is 0 Å². The Kier molecular flexibility index (Phi) is 2.69. The Hall–Kier alpha value is -1.51. The Morgan fingerprint density at radius 3 is 2.00 bits per heavy atom. The molecule has 0 N–H and O–H groups in total. The summed E-state index contributed by atoms with van der Waals surface area (Å²) in [5.74, 6) is -1.15. The second-order valence-corrected chi connectivity index (χ2v) is 2.35. The molecule has 2 nitrogen and oxygen atoms in total. The summed E-state index contributed by atoms with van der Waals surface area (Å²) in [7, 11) is 0. The van der Waals surface area contributed by atoms with Crippen molar-refractivity contribution in [1.82, 2.24) is 0 Å². The van der Waals surface area contributed by atoms with Crippen molar-refractivity contribution in [3.63, 3.8) is 0 Å². The number of aldehydes is 2. The van der Waals surface area contributed by atoms with Crippen molar-refractivity contribution in [3.8, 4) is 0 Å². The molecule has 0 aliphatic heterocycles. The van der Waals surface area contributed by atoms with Crippen LogP contribution in [0, 0.1) is 5.82 Å². The molecular formula is C9H7FO2. The zero-order chi connectivity index (χ0) is 8.97. The third kappa shape index (κ3) is 1.75. The maximum atomic E-state index is 12.4. The van der Waals surface area contributed by atoms with Gasteiger partial charge in [-0.3, -0.25) is 0 Å². The Bertz CT molecular complexity index is 271.